The highest BCUT2D eigenvalue weighted by Gasteiger charge is 2.36. The molecule has 2 N–H and O–H groups in total. The van der Waals surface area contributed by atoms with E-state index < -0.39 is 15.8 Å². The molecule has 0 saturated carbocycles. The fraction of sp³-hybridized carbons (Fsp3) is 0.438. The Morgan fingerprint density at radius 1 is 1.38 bits per heavy atom. The van der Waals surface area contributed by atoms with Gasteiger partial charge in [0, 0.05) is 33.0 Å². The van der Waals surface area contributed by atoms with Gasteiger partial charge in [-0.3, -0.25) is 0 Å². The smallest absolute Gasteiger partial charge is 0.308 e. The van der Waals surface area contributed by atoms with E-state index >= 15 is 0 Å². The minimum absolute atomic E-state index is 0.255. The molecule has 1 heterocycles. The van der Waals surface area contributed by atoms with Crippen LogP contribution in [0.15, 0.2) is 36.7 Å². The highest BCUT2D eigenvalue weighted by Crippen LogP contribution is 2.36. The van der Waals surface area contributed by atoms with Gasteiger partial charge in [0.2, 0.25) is 0 Å². The van der Waals surface area contributed by atoms with Crippen LogP contribution in [0, 0.1) is 0 Å². The van der Waals surface area contributed by atoms with E-state index in [1.54, 1.807) is 0 Å². The van der Waals surface area contributed by atoms with Crippen molar-refractivity contribution in [2.45, 2.75) is 25.0 Å². The molecule has 0 spiro atoms. The van der Waals surface area contributed by atoms with Crippen LogP contribution in [-0.4, -0.2) is 47.4 Å². The summed E-state index contributed by atoms with van der Waals surface area (Å²) in [5.41, 5.74) is 1.19. The van der Waals surface area contributed by atoms with E-state index in [2.05, 4.69) is 10.3 Å². The first-order chi connectivity index (χ1) is 11.3. The molecule has 7 nitrogen and oxygen atoms in total. The molecule has 8 heteroatoms. The number of hydrogen-bond donors (Lipinski definition) is 2. The van der Waals surface area contributed by atoms with Crippen LogP contribution in [0.3, 0.4) is 0 Å². The Morgan fingerprint density at radius 2 is 2.12 bits per heavy atom. The Kier molecular flexibility index (Phi) is 4.48. The van der Waals surface area contributed by atoms with Crippen LogP contribution in [-0.2, 0) is 28.8 Å². The van der Waals surface area contributed by atoms with Crippen molar-refractivity contribution in [1.29, 1.82) is 0 Å². The van der Waals surface area contributed by atoms with E-state index in [4.69, 9.17) is 0 Å². The van der Waals surface area contributed by atoms with Crippen molar-refractivity contribution in [1.82, 2.24) is 18.6 Å². The van der Waals surface area contributed by atoms with E-state index in [1.165, 1.54) is 32.1 Å². The van der Waals surface area contributed by atoms with Crippen LogP contribution in [0.5, 0.6) is 0 Å². The largest absolute Gasteiger partial charge is 0.384 e. The number of aromatic nitrogens is 2. The van der Waals surface area contributed by atoms with Crippen LogP contribution in [0.1, 0.15) is 23.4 Å². The Labute approximate surface area is 142 Å². The number of aryl methyl sites for hydroxylation is 1. The van der Waals surface area contributed by atoms with Crippen LogP contribution >= 0.6 is 0 Å². The molecule has 24 heavy (non-hydrogen) atoms. The predicted molar refractivity (Wildman–Crippen MR) is 90.6 cm³/mol. The summed E-state index contributed by atoms with van der Waals surface area (Å²) in [6.45, 7) is 0.601. The molecule has 1 aliphatic rings. The van der Waals surface area contributed by atoms with Gasteiger partial charge < -0.3 is 10.4 Å². The minimum atomic E-state index is -3.59. The Hall–Kier alpha value is -1.74. The zero-order valence-electron chi connectivity index (χ0n) is 13.8. The molecule has 0 aliphatic heterocycles. The summed E-state index contributed by atoms with van der Waals surface area (Å²) < 4.78 is 26.7. The molecule has 1 aromatic carbocycles. The zero-order valence-corrected chi connectivity index (χ0v) is 14.6. The normalized spacial score (nSPS) is 20.5. The second kappa shape index (κ2) is 6.29. The number of hydrogen-bond acceptors (Lipinski definition) is 5. The highest BCUT2D eigenvalue weighted by molar-refractivity contribution is 7.87. The monoisotopic (exact) mass is 350 g/mol. The maximum Gasteiger partial charge on any atom is 0.308 e. The van der Waals surface area contributed by atoms with Gasteiger partial charge in [-0.25, -0.2) is 8.96 Å². The summed E-state index contributed by atoms with van der Waals surface area (Å²) >= 11 is 0. The summed E-state index contributed by atoms with van der Waals surface area (Å²) in [5, 5.41) is 14.0. The summed E-state index contributed by atoms with van der Waals surface area (Å²) in [4.78, 5) is 4.11. The molecule has 0 amide bonds. The van der Waals surface area contributed by atoms with Gasteiger partial charge in [0.1, 0.15) is 11.4 Å². The van der Waals surface area contributed by atoms with Crippen molar-refractivity contribution >= 4 is 10.2 Å². The fourth-order valence-corrected chi connectivity index (χ4v) is 4.00. The van der Waals surface area contributed by atoms with E-state index in [-0.39, 0.29) is 6.54 Å². The van der Waals surface area contributed by atoms with Gasteiger partial charge in [-0.05, 0) is 24.0 Å². The van der Waals surface area contributed by atoms with Gasteiger partial charge in [0.15, 0.2) is 0 Å². The molecule has 0 fully saturated rings. The lowest BCUT2D eigenvalue weighted by atomic mass is 9.96. The number of rotatable bonds is 6. The van der Waals surface area contributed by atoms with E-state index in [9.17, 15) is 13.5 Å². The van der Waals surface area contributed by atoms with Crippen molar-refractivity contribution in [2.24, 2.45) is 0 Å². The van der Waals surface area contributed by atoms with E-state index in [0.29, 0.717) is 18.8 Å². The number of aliphatic hydroxyl groups is 1. The molecule has 1 unspecified atom stereocenters. The first kappa shape index (κ1) is 17.1. The lowest BCUT2D eigenvalue weighted by Gasteiger charge is -2.24. The second-order valence-electron chi connectivity index (χ2n) is 6.22. The lowest BCUT2D eigenvalue weighted by Crippen LogP contribution is -2.37. The van der Waals surface area contributed by atoms with Crippen LogP contribution < -0.4 is 5.32 Å². The Bertz CT molecular complexity index is 831. The van der Waals surface area contributed by atoms with Gasteiger partial charge in [0.25, 0.3) is 0 Å². The van der Waals surface area contributed by atoms with Crippen molar-refractivity contribution in [3.05, 3.63) is 53.6 Å². The van der Waals surface area contributed by atoms with Crippen LogP contribution in [0.4, 0.5) is 0 Å². The van der Waals surface area contributed by atoms with Crippen LogP contribution in [0.2, 0.25) is 0 Å². The molecule has 1 aliphatic carbocycles. The first-order valence-corrected chi connectivity index (χ1v) is 9.21. The molecule has 0 bridgehead atoms. The quantitative estimate of drug-likeness (QED) is 0.790. The molecule has 130 valence electrons. The Morgan fingerprint density at radius 3 is 2.88 bits per heavy atom. The third kappa shape index (κ3) is 2.98. The maximum atomic E-state index is 12.2. The van der Waals surface area contributed by atoms with Gasteiger partial charge >= 0.3 is 10.2 Å². The molecular weight excluding hydrogens is 328 g/mol. The molecular formula is C16H22N4O3S. The molecule has 0 saturated heterocycles. The van der Waals surface area contributed by atoms with Crippen molar-refractivity contribution in [2.75, 3.05) is 20.6 Å². The van der Waals surface area contributed by atoms with Crippen molar-refractivity contribution in [3.8, 4) is 0 Å². The third-order valence-corrected chi connectivity index (χ3v) is 6.17. The summed E-state index contributed by atoms with van der Waals surface area (Å²) in [5.74, 6) is 0.388. The van der Waals surface area contributed by atoms with Crippen LogP contribution in [0.25, 0.3) is 0 Å². The number of benzene rings is 1. The number of fused-ring (bicyclic) bond motifs is 1. The van der Waals surface area contributed by atoms with E-state index in [1.807, 2.05) is 24.3 Å². The van der Waals surface area contributed by atoms with Crippen molar-refractivity contribution in [3.63, 3.8) is 0 Å². The van der Waals surface area contributed by atoms with Gasteiger partial charge in [-0.1, -0.05) is 24.3 Å². The number of nitrogens with zero attached hydrogens (tertiary/aromatic N) is 3. The van der Waals surface area contributed by atoms with Gasteiger partial charge in [0.05, 0.1) is 6.54 Å². The molecule has 1 atom stereocenters. The number of imidazole rings is 1. The third-order valence-electron chi connectivity index (χ3n) is 4.42. The van der Waals surface area contributed by atoms with Crippen molar-refractivity contribution < 1.29 is 13.5 Å². The molecule has 0 radical (unpaired) electrons. The lowest BCUT2D eigenvalue weighted by molar-refractivity contribution is 0.0383. The topological polar surface area (TPSA) is 87.5 Å². The molecule has 1 aromatic heterocycles. The summed E-state index contributed by atoms with van der Waals surface area (Å²) in [6.07, 6.45) is 4.38. The average molecular weight is 350 g/mol. The second-order valence-corrected chi connectivity index (χ2v) is 8.24. The highest BCUT2D eigenvalue weighted by atomic mass is 32.2. The Balaban J connectivity index is 1.70. The fourth-order valence-electron chi connectivity index (χ4n) is 3.07. The molecule has 3 rings (SSSR count). The average Bonchev–Trinajstić information content (AvgIpc) is 3.14. The summed E-state index contributed by atoms with van der Waals surface area (Å²) in [7, 11) is -0.639. The SMILES string of the molecule is CN(C)S(=O)(=O)n1ccnc1CNCC1(O)CCc2ccccc21. The standard InChI is InChI=1S/C16H22N4O3S/c1-19(2)24(22,23)20-10-9-18-15(20)11-17-12-16(21)8-7-13-5-3-4-6-14(13)16/h3-6,9-10,17,21H,7-8,11-12H2,1-2H3. The zero-order chi connectivity index (χ0) is 17.4. The maximum absolute atomic E-state index is 12.2. The minimum Gasteiger partial charge on any atom is -0.384 e. The molecule has 2 aromatic rings. The summed E-state index contributed by atoms with van der Waals surface area (Å²) in [6, 6.07) is 7.87. The van der Waals surface area contributed by atoms with Gasteiger partial charge in [-0.15, -0.1) is 0 Å². The van der Waals surface area contributed by atoms with Gasteiger partial charge in [-0.2, -0.15) is 12.7 Å². The predicted octanol–water partition coefficient (Wildman–Crippen LogP) is 0.461. The number of nitrogens with one attached hydrogen (secondary N) is 1. The van der Waals surface area contributed by atoms with E-state index in [0.717, 1.165) is 20.3 Å². The first-order valence-electron chi connectivity index (χ1n) is 7.81.